The first kappa shape index (κ1) is 19.4. The average Bonchev–Trinajstić information content (AvgIpc) is 3.12. The number of rotatable bonds is 7. The van der Waals surface area contributed by atoms with Gasteiger partial charge >= 0.3 is 11.9 Å². The second-order valence-electron chi connectivity index (χ2n) is 6.96. The Morgan fingerprint density at radius 2 is 1.93 bits per heavy atom. The fourth-order valence-corrected chi connectivity index (χ4v) is 4.79. The molecule has 1 unspecified atom stereocenters. The molecule has 1 atom stereocenters. The maximum Gasteiger partial charge on any atom is 0.350 e. The number of esters is 1. The van der Waals surface area contributed by atoms with Gasteiger partial charge in [-0.1, -0.05) is 49.6 Å². The lowest BCUT2D eigenvalue weighted by atomic mass is 9.82. The number of thiophene rings is 1. The van der Waals surface area contributed by atoms with Crippen molar-refractivity contribution in [2.75, 3.05) is 12.4 Å². The van der Waals surface area contributed by atoms with Gasteiger partial charge < -0.3 is 15.2 Å². The molecule has 1 saturated carbocycles. The van der Waals surface area contributed by atoms with Gasteiger partial charge in [0.15, 0.2) is 0 Å². The molecule has 1 aliphatic carbocycles. The smallest absolute Gasteiger partial charge is 0.350 e. The molecule has 1 heterocycles. The van der Waals surface area contributed by atoms with Crippen molar-refractivity contribution in [3.63, 3.8) is 0 Å². The standard InChI is InChI=1S/C21H25NO4S/c1-26-21(25)20-17(12-18(27-20)15-10-6-3-7-11-15)22-16(13-19(23)24)14-8-4-2-5-9-14/h3,6-7,10-12,14,16,22H,2,4-5,8-9,13H2,1H3,(H,23,24). The monoisotopic (exact) mass is 387 g/mol. The molecule has 1 aliphatic rings. The van der Waals surface area contributed by atoms with E-state index in [0.717, 1.165) is 36.1 Å². The van der Waals surface area contributed by atoms with E-state index in [1.165, 1.54) is 24.9 Å². The minimum atomic E-state index is -0.823. The maximum atomic E-state index is 12.3. The third-order valence-corrected chi connectivity index (χ3v) is 6.28. The van der Waals surface area contributed by atoms with Crippen molar-refractivity contribution in [3.8, 4) is 10.4 Å². The first-order chi connectivity index (χ1) is 13.1. The highest BCUT2D eigenvalue weighted by Crippen LogP contribution is 2.37. The molecule has 0 amide bonds. The zero-order chi connectivity index (χ0) is 19.2. The van der Waals surface area contributed by atoms with Gasteiger partial charge in [0.2, 0.25) is 0 Å². The highest BCUT2D eigenvalue weighted by molar-refractivity contribution is 7.18. The van der Waals surface area contributed by atoms with Crippen LogP contribution in [0.2, 0.25) is 0 Å². The van der Waals surface area contributed by atoms with E-state index < -0.39 is 11.9 Å². The highest BCUT2D eigenvalue weighted by atomic mass is 32.1. The molecule has 0 spiro atoms. The van der Waals surface area contributed by atoms with E-state index in [1.807, 2.05) is 36.4 Å². The van der Waals surface area contributed by atoms with Crippen LogP contribution in [-0.2, 0) is 9.53 Å². The van der Waals surface area contributed by atoms with Crippen LogP contribution in [0.1, 0.15) is 48.2 Å². The lowest BCUT2D eigenvalue weighted by Gasteiger charge is -2.30. The Morgan fingerprint density at radius 3 is 2.56 bits per heavy atom. The summed E-state index contributed by atoms with van der Waals surface area (Å²) in [5, 5.41) is 12.8. The summed E-state index contributed by atoms with van der Waals surface area (Å²) in [5.41, 5.74) is 1.69. The highest BCUT2D eigenvalue weighted by Gasteiger charge is 2.28. The number of anilines is 1. The van der Waals surface area contributed by atoms with Gasteiger partial charge in [0.05, 0.1) is 19.2 Å². The SMILES string of the molecule is COC(=O)c1sc(-c2ccccc2)cc1NC(CC(=O)O)C1CCCCC1. The molecule has 27 heavy (non-hydrogen) atoms. The van der Waals surface area contributed by atoms with Crippen molar-refractivity contribution < 1.29 is 19.4 Å². The fourth-order valence-electron chi connectivity index (χ4n) is 3.75. The molecule has 0 saturated heterocycles. The molecular weight excluding hydrogens is 362 g/mol. The van der Waals surface area contributed by atoms with Crippen LogP contribution < -0.4 is 5.32 Å². The molecule has 1 fully saturated rings. The molecule has 2 aromatic rings. The number of aliphatic carboxylic acids is 1. The Balaban J connectivity index is 1.91. The topological polar surface area (TPSA) is 75.6 Å². The number of hydrogen-bond acceptors (Lipinski definition) is 5. The number of carbonyl (C=O) groups excluding carboxylic acids is 1. The van der Waals surface area contributed by atoms with Crippen LogP contribution in [0.5, 0.6) is 0 Å². The van der Waals surface area contributed by atoms with Gasteiger partial charge in [-0.05, 0) is 30.4 Å². The van der Waals surface area contributed by atoms with Crippen LogP contribution in [0, 0.1) is 5.92 Å². The van der Waals surface area contributed by atoms with E-state index in [-0.39, 0.29) is 12.5 Å². The third kappa shape index (κ3) is 4.89. The Labute approximate surface area is 163 Å². The summed E-state index contributed by atoms with van der Waals surface area (Å²) in [4.78, 5) is 25.1. The number of ether oxygens (including phenoxy) is 1. The van der Waals surface area contributed by atoms with Crippen LogP contribution in [0.15, 0.2) is 36.4 Å². The van der Waals surface area contributed by atoms with Crippen molar-refractivity contribution in [1.82, 2.24) is 0 Å². The van der Waals surface area contributed by atoms with Gasteiger partial charge in [-0.15, -0.1) is 11.3 Å². The first-order valence-electron chi connectivity index (χ1n) is 9.34. The summed E-state index contributed by atoms with van der Waals surface area (Å²) in [6, 6.07) is 11.6. The Kier molecular flexibility index (Phi) is 6.50. The minimum Gasteiger partial charge on any atom is -0.481 e. The van der Waals surface area contributed by atoms with Gasteiger partial charge in [-0.2, -0.15) is 0 Å². The summed E-state index contributed by atoms with van der Waals surface area (Å²) in [6.07, 6.45) is 5.56. The van der Waals surface area contributed by atoms with E-state index in [2.05, 4.69) is 5.32 Å². The zero-order valence-corrected chi connectivity index (χ0v) is 16.3. The molecule has 2 N–H and O–H groups in total. The molecule has 5 nitrogen and oxygen atoms in total. The number of benzene rings is 1. The summed E-state index contributed by atoms with van der Waals surface area (Å²) in [7, 11) is 1.36. The number of nitrogens with one attached hydrogen (secondary N) is 1. The van der Waals surface area contributed by atoms with Crippen molar-refractivity contribution in [2.24, 2.45) is 5.92 Å². The Morgan fingerprint density at radius 1 is 1.22 bits per heavy atom. The molecule has 1 aromatic carbocycles. The van der Waals surface area contributed by atoms with Gasteiger partial charge in [0.25, 0.3) is 0 Å². The summed E-state index contributed by atoms with van der Waals surface area (Å²) < 4.78 is 4.95. The number of carboxylic acids is 1. The van der Waals surface area contributed by atoms with Gasteiger partial charge in [-0.3, -0.25) is 4.79 Å². The maximum absolute atomic E-state index is 12.3. The minimum absolute atomic E-state index is 0.0434. The summed E-state index contributed by atoms with van der Waals surface area (Å²) in [6.45, 7) is 0. The molecule has 144 valence electrons. The van der Waals surface area contributed by atoms with E-state index in [4.69, 9.17) is 4.74 Å². The molecule has 6 heteroatoms. The quantitative estimate of drug-likeness (QED) is 0.651. The van der Waals surface area contributed by atoms with Crippen molar-refractivity contribution in [1.29, 1.82) is 0 Å². The average molecular weight is 388 g/mol. The van der Waals surface area contributed by atoms with E-state index in [1.54, 1.807) is 0 Å². The summed E-state index contributed by atoms with van der Waals surface area (Å²) >= 11 is 1.37. The summed E-state index contributed by atoms with van der Waals surface area (Å²) in [5.74, 6) is -0.918. The largest absolute Gasteiger partial charge is 0.481 e. The second-order valence-corrected chi connectivity index (χ2v) is 8.01. The van der Waals surface area contributed by atoms with E-state index in [0.29, 0.717) is 16.5 Å². The number of hydrogen-bond donors (Lipinski definition) is 2. The van der Waals surface area contributed by atoms with Gasteiger partial charge in [-0.25, -0.2) is 4.79 Å². The van der Waals surface area contributed by atoms with Crippen molar-refractivity contribution in [3.05, 3.63) is 41.3 Å². The Bertz CT molecular complexity index is 781. The lowest BCUT2D eigenvalue weighted by molar-refractivity contribution is -0.137. The predicted octanol–water partition coefficient (Wildman–Crippen LogP) is 5.04. The van der Waals surface area contributed by atoms with Crippen LogP contribution in [0.25, 0.3) is 10.4 Å². The number of carbonyl (C=O) groups is 2. The fraction of sp³-hybridized carbons (Fsp3) is 0.429. The lowest BCUT2D eigenvalue weighted by Crippen LogP contribution is -2.33. The molecule has 3 rings (SSSR count). The second kappa shape index (κ2) is 9.04. The van der Waals surface area contributed by atoms with Crippen LogP contribution in [0.3, 0.4) is 0 Å². The number of methoxy groups -OCH3 is 1. The van der Waals surface area contributed by atoms with Crippen LogP contribution in [-0.4, -0.2) is 30.2 Å². The van der Waals surface area contributed by atoms with Crippen molar-refractivity contribution in [2.45, 2.75) is 44.6 Å². The van der Waals surface area contributed by atoms with E-state index in [9.17, 15) is 14.7 Å². The van der Waals surface area contributed by atoms with Crippen molar-refractivity contribution >= 4 is 29.0 Å². The number of carboxylic acid groups (broad SMARTS) is 1. The third-order valence-electron chi connectivity index (χ3n) is 5.12. The molecule has 0 aliphatic heterocycles. The Hall–Kier alpha value is -2.34. The normalized spacial score (nSPS) is 15.9. The van der Waals surface area contributed by atoms with Crippen LogP contribution >= 0.6 is 11.3 Å². The zero-order valence-electron chi connectivity index (χ0n) is 15.4. The molecule has 0 radical (unpaired) electrons. The van der Waals surface area contributed by atoms with E-state index >= 15 is 0 Å². The molecular formula is C21H25NO4S. The first-order valence-corrected chi connectivity index (χ1v) is 10.2. The van der Waals surface area contributed by atoms with Crippen LogP contribution in [0.4, 0.5) is 5.69 Å². The molecule has 1 aromatic heterocycles. The van der Waals surface area contributed by atoms with Gasteiger partial charge in [0, 0.05) is 10.9 Å². The molecule has 0 bridgehead atoms. The predicted molar refractivity (Wildman–Crippen MR) is 107 cm³/mol. The van der Waals surface area contributed by atoms with Gasteiger partial charge in [0.1, 0.15) is 4.88 Å².